The van der Waals surface area contributed by atoms with Crippen LogP contribution < -0.4 is 10.6 Å². The standard InChI is InChI=1S/C15H27N3O2.ClH/c1-12(15(20)18-9-3-2-4-10-18)17-14(19)6-5-13-7-8-16-11-13;/h12-13,16H,2-11H2,1H3,(H,17,19);1H/t12-,13?;/m0./s1. The van der Waals surface area contributed by atoms with Crippen LogP contribution in [0.4, 0.5) is 0 Å². The summed E-state index contributed by atoms with van der Waals surface area (Å²) in [5.74, 6) is 0.698. The van der Waals surface area contributed by atoms with Gasteiger partial charge in [-0.25, -0.2) is 0 Å². The average molecular weight is 318 g/mol. The van der Waals surface area contributed by atoms with E-state index < -0.39 is 0 Å². The molecule has 2 aliphatic rings. The Kier molecular flexibility index (Phi) is 8.04. The van der Waals surface area contributed by atoms with Crippen molar-refractivity contribution in [2.45, 2.75) is 51.5 Å². The van der Waals surface area contributed by atoms with Crippen molar-refractivity contribution in [1.82, 2.24) is 15.5 Å². The van der Waals surface area contributed by atoms with Crippen LogP contribution in [0.15, 0.2) is 0 Å². The summed E-state index contributed by atoms with van der Waals surface area (Å²) in [4.78, 5) is 26.0. The van der Waals surface area contributed by atoms with Crippen molar-refractivity contribution < 1.29 is 9.59 Å². The summed E-state index contributed by atoms with van der Waals surface area (Å²) in [6.45, 7) is 5.57. The van der Waals surface area contributed by atoms with Gasteiger partial charge in [0.1, 0.15) is 6.04 Å². The van der Waals surface area contributed by atoms with Crippen LogP contribution in [0.5, 0.6) is 0 Å². The van der Waals surface area contributed by atoms with Gasteiger partial charge < -0.3 is 15.5 Å². The zero-order valence-electron chi connectivity index (χ0n) is 12.9. The van der Waals surface area contributed by atoms with Crippen LogP contribution in [-0.4, -0.2) is 48.9 Å². The fraction of sp³-hybridized carbons (Fsp3) is 0.867. The van der Waals surface area contributed by atoms with E-state index in [1.54, 1.807) is 6.92 Å². The predicted molar refractivity (Wildman–Crippen MR) is 85.5 cm³/mol. The minimum atomic E-state index is -0.387. The molecule has 2 aliphatic heterocycles. The summed E-state index contributed by atoms with van der Waals surface area (Å²) in [7, 11) is 0. The van der Waals surface area contributed by atoms with Gasteiger partial charge in [-0.05, 0) is 58.0 Å². The van der Waals surface area contributed by atoms with Gasteiger partial charge in [0.05, 0.1) is 0 Å². The topological polar surface area (TPSA) is 61.4 Å². The summed E-state index contributed by atoms with van der Waals surface area (Å²) < 4.78 is 0. The quantitative estimate of drug-likeness (QED) is 0.804. The van der Waals surface area contributed by atoms with Crippen molar-refractivity contribution in [2.75, 3.05) is 26.2 Å². The van der Waals surface area contributed by atoms with Gasteiger partial charge in [0, 0.05) is 19.5 Å². The molecule has 5 nitrogen and oxygen atoms in total. The van der Waals surface area contributed by atoms with E-state index in [0.29, 0.717) is 12.3 Å². The Morgan fingerprint density at radius 1 is 1.29 bits per heavy atom. The molecule has 0 aromatic heterocycles. The number of amides is 2. The van der Waals surface area contributed by atoms with E-state index in [1.807, 2.05) is 4.90 Å². The van der Waals surface area contributed by atoms with Crippen LogP contribution in [0, 0.1) is 5.92 Å². The molecule has 2 saturated heterocycles. The Morgan fingerprint density at radius 2 is 2.00 bits per heavy atom. The van der Waals surface area contributed by atoms with Gasteiger partial charge in [-0.3, -0.25) is 9.59 Å². The molecule has 0 saturated carbocycles. The number of carbonyl (C=O) groups is 2. The molecular formula is C15H28ClN3O2. The zero-order valence-corrected chi connectivity index (χ0v) is 13.7. The molecular weight excluding hydrogens is 290 g/mol. The minimum absolute atomic E-state index is 0. The molecule has 0 aromatic rings. The second-order valence-electron chi connectivity index (χ2n) is 6.07. The van der Waals surface area contributed by atoms with Crippen molar-refractivity contribution in [1.29, 1.82) is 0 Å². The Morgan fingerprint density at radius 3 is 2.62 bits per heavy atom. The number of nitrogens with one attached hydrogen (secondary N) is 2. The number of rotatable bonds is 5. The van der Waals surface area contributed by atoms with Crippen molar-refractivity contribution in [3.8, 4) is 0 Å². The summed E-state index contributed by atoms with van der Waals surface area (Å²) in [6.07, 6.45) is 5.99. The maximum absolute atomic E-state index is 12.2. The maximum atomic E-state index is 12.2. The van der Waals surface area contributed by atoms with Crippen LogP contribution in [0.2, 0.25) is 0 Å². The van der Waals surface area contributed by atoms with Gasteiger partial charge in [-0.15, -0.1) is 12.4 Å². The Labute approximate surface area is 133 Å². The molecule has 2 fully saturated rings. The van der Waals surface area contributed by atoms with Gasteiger partial charge in [0.15, 0.2) is 0 Å². The Bertz CT molecular complexity index is 340. The van der Waals surface area contributed by atoms with Crippen LogP contribution in [-0.2, 0) is 9.59 Å². The highest BCUT2D eigenvalue weighted by atomic mass is 35.5. The monoisotopic (exact) mass is 317 g/mol. The van der Waals surface area contributed by atoms with E-state index in [9.17, 15) is 9.59 Å². The summed E-state index contributed by atoms with van der Waals surface area (Å²) in [5, 5.41) is 6.16. The summed E-state index contributed by atoms with van der Waals surface area (Å²) in [5.41, 5.74) is 0. The van der Waals surface area contributed by atoms with Gasteiger partial charge in [0.25, 0.3) is 0 Å². The predicted octanol–water partition coefficient (Wildman–Crippen LogP) is 1.32. The third kappa shape index (κ3) is 5.83. The normalized spacial score (nSPS) is 23.3. The zero-order chi connectivity index (χ0) is 14.4. The van der Waals surface area contributed by atoms with Crippen LogP contribution in [0.25, 0.3) is 0 Å². The Balaban J connectivity index is 0.00000220. The molecule has 122 valence electrons. The fourth-order valence-electron chi connectivity index (χ4n) is 3.06. The first-order chi connectivity index (χ1) is 9.66. The molecule has 2 rings (SSSR count). The molecule has 2 atom stereocenters. The van der Waals surface area contributed by atoms with Crippen LogP contribution >= 0.6 is 12.4 Å². The molecule has 0 spiro atoms. The van der Waals surface area contributed by atoms with Crippen molar-refractivity contribution in [2.24, 2.45) is 5.92 Å². The summed E-state index contributed by atoms with van der Waals surface area (Å²) in [6, 6.07) is -0.387. The first kappa shape index (κ1) is 18.2. The first-order valence-electron chi connectivity index (χ1n) is 7.95. The molecule has 1 unspecified atom stereocenters. The molecule has 2 N–H and O–H groups in total. The second-order valence-corrected chi connectivity index (χ2v) is 6.07. The lowest BCUT2D eigenvalue weighted by Crippen LogP contribution is -2.48. The van der Waals surface area contributed by atoms with Gasteiger partial charge in [-0.1, -0.05) is 0 Å². The number of carbonyl (C=O) groups excluding carboxylic acids is 2. The van der Waals surface area contributed by atoms with E-state index >= 15 is 0 Å². The number of hydrogen-bond acceptors (Lipinski definition) is 3. The maximum Gasteiger partial charge on any atom is 0.244 e. The van der Waals surface area contributed by atoms with Gasteiger partial charge >= 0.3 is 0 Å². The number of nitrogens with zero attached hydrogens (tertiary/aromatic N) is 1. The van der Waals surface area contributed by atoms with Crippen molar-refractivity contribution in [3.05, 3.63) is 0 Å². The van der Waals surface area contributed by atoms with E-state index in [4.69, 9.17) is 0 Å². The minimum Gasteiger partial charge on any atom is -0.345 e. The lowest BCUT2D eigenvalue weighted by atomic mass is 10.0. The Hall–Kier alpha value is -0.810. The van der Waals surface area contributed by atoms with E-state index in [1.165, 1.54) is 6.42 Å². The summed E-state index contributed by atoms with van der Waals surface area (Å²) >= 11 is 0. The van der Waals surface area contributed by atoms with Crippen LogP contribution in [0.3, 0.4) is 0 Å². The van der Waals surface area contributed by atoms with Crippen LogP contribution in [0.1, 0.15) is 45.4 Å². The molecule has 21 heavy (non-hydrogen) atoms. The molecule has 2 heterocycles. The molecule has 0 aliphatic carbocycles. The van der Waals surface area contributed by atoms with E-state index in [0.717, 1.165) is 51.9 Å². The smallest absolute Gasteiger partial charge is 0.244 e. The third-order valence-electron chi connectivity index (χ3n) is 4.36. The van der Waals surface area contributed by atoms with Crippen molar-refractivity contribution >= 4 is 24.2 Å². The molecule has 0 bridgehead atoms. The van der Waals surface area contributed by atoms with Gasteiger partial charge in [0.2, 0.25) is 11.8 Å². The van der Waals surface area contributed by atoms with E-state index in [-0.39, 0.29) is 30.3 Å². The lowest BCUT2D eigenvalue weighted by molar-refractivity contribution is -0.136. The molecule has 2 amide bonds. The number of halogens is 1. The highest BCUT2D eigenvalue weighted by Gasteiger charge is 2.23. The molecule has 0 radical (unpaired) electrons. The number of likely N-dealkylation sites (tertiary alicyclic amines) is 1. The lowest BCUT2D eigenvalue weighted by Gasteiger charge is -2.29. The van der Waals surface area contributed by atoms with E-state index in [2.05, 4.69) is 10.6 Å². The fourth-order valence-corrected chi connectivity index (χ4v) is 3.06. The highest BCUT2D eigenvalue weighted by molar-refractivity contribution is 5.87. The first-order valence-corrected chi connectivity index (χ1v) is 7.95. The van der Waals surface area contributed by atoms with Gasteiger partial charge in [-0.2, -0.15) is 0 Å². The number of hydrogen-bond donors (Lipinski definition) is 2. The SMILES string of the molecule is C[C@H](NC(=O)CCC1CCNC1)C(=O)N1CCCCC1.Cl. The second kappa shape index (κ2) is 9.26. The highest BCUT2D eigenvalue weighted by Crippen LogP contribution is 2.14. The molecule has 0 aromatic carbocycles. The number of piperidine rings is 1. The van der Waals surface area contributed by atoms with Crippen molar-refractivity contribution in [3.63, 3.8) is 0 Å². The third-order valence-corrected chi connectivity index (χ3v) is 4.36. The molecule has 6 heteroatoms. The average Bonchev–Trinajstić information content (AvgIpc) is 2.98. The largest absolute Gasteiger partial charge is 0.345 e.